The molecule has 1 N–H and O–H groups in total. The number of carbonyl (C=O) groups excluding carboxylic acids is 1. The minimum absolute atomic E-state index is 0.171. The van der Waals surface area contributed by atoms with Gasteiger partial charge in [0.1, 0.15) is 11.3 Å². The average Bonchev–Trinajstić information content (AvgIpc) is 3.22. The molecule has 3 aromatic carbocycles. The van der Waals surface area contributed by atoms with Crippen molar-refractivity contribution in [3.8, 4) is 16.9 Å². The van der Waals surface area contributed by atoms with E-state index in [0.717, 1.165) is 61.4 Å². The lowest BCUT2D eigenvalue weighted by Gasteiger charge is -2.15. The molecule has 0 bridgehead atoms. The number of fused-ring (bicyclic) bond motifs is 1. The summed E-state index contributed by atoms with van der Waals surface area (Å²) in [4.78, 5) is 12.8. The molecule has 0 saturated carbocycles. The Bertz CT molecular complexity index is 1350. The monoisotopic (exact) mass is 439 g/mol. The van der Waals surface area contributed by atoms with E-state index in [2.05, 4.69) is 29.6 Å². The van der Waals surface area contributed by atoms with Gasteiger partial charge in [0.05, 0.1) is 12.9 Å². The molecule has 168 valence electrons. The number of anilines is 1. The van der Waals surface area contributed by atoms with Crippen LogP contribution in [0.25, 0.3) is 27.7 Å². The van der Waals surface area contributed by atoms with Crippen LogP contribution < -0.4 is 10.1 Å². The van der Waals surface area contributed by atoms with Crippen LogP contribution in [0.2, 0.25) is 0 Å². The second-order valence-electron chi connectivity index (χ2n) is 8.34. The Morgan fingerprint density at radius 3 is 2.52 bits per heavy atom. The van der Waals surface area contributed by atoms with Crippen LogP contribution in [0.5, 0.6) is 5.75 Å². The summed E-state index contributed by atoms with van der Waals surface area (Å²) in [6, 6.07) is 18.2. The van der Waals surface area contributed by atoms with Crippen molar-refractivity contribution in [2.45, 2.75) is 34.6 Å². The summed E-state index contributed by atoms with van der Waals surface area (Å²) in [5.74, 6) is 0.571. The second kappa shape index (κ2) is 9.37. The fraction of sp³-hybridized carbons (Fsp3) is 0.207. The van der Waals surface area contributed by atoms with Gasteiger partial charge in [0, 0.05) is 33.8 Å². The van der Waals surface area contributed by atoms with Gasteiger partial charge in [-0.25, -0.2) is 0 Å². The Balaban J connectivity index is 1.77. The predicted molar refractivity (Wildman–Crippen MR) is 136 cm³/mol. The first-order valence-electron chi connectivity index (χ1n) is 11.2. The molecule has 33 heavy (non-hydrogen) atoms. The number of carbonyl (C=O) groups is 1. The molecule has 0 fully saturated rings. The highest BCUT2D eigenvalue weighted by atomic mass is 16.5. The van der Waals surface area contributed by atoms with E-state index in [4.69, 9.17) is 9.15 Å². The molecule has 1 heterocycles. The van der Waals surface area contributed by atoms with Crippen molar-refractivity contribution in [2.75, 3.05) is 11.9 Å². The number of nitrogens with one attached hydrogen (secondary N) is 1. The van der Waals surface area contributed by atoms with Gasteiger partial charge in [-0.1, -0.05) is 48.0 Å². The maximum atomic E-state index is 12.8. The molecule has 4 nitrogen and oxygen atoms in total. The maximum Gasteiger partial charge on any atom is 0.248 e. The summed E-state index contributed by atoms with van der Waals surface area (Å²) in [7, 11) is 0. The summed E-state index contributed by atoms with van der Waals surface area (Å²) in [5, 5.41) is 4.00. The molecular weight excluding hydrogens is 410 g/mol. The van der Waals surface area contributed by atoms with Gasteiger partial charge in [-0.15, -0.1) is 0 Å². The molecule has 1 aromatic heterocycles. The highest BCUT2D eigenvalue weighted by Gasteiger charge is 2.19. The van der Waals surface area contributed by atoms with Crippen molar-refractivity contribution >= 4 is 28.1 Å². The van der Waals surface area contributed by atoms with E-state index in [9.17, 15) is 4.79 Å². The Labute approximate surface area is 194 Å². The number of benzene rings is 3. The summed E-state index contributed by atoms with van der Waals surface area (Å²) >= 11 is 0. The molecule has 0 unspecified atom stereocenters. The van der Waals surface area contributed by atoms with Crippen molar-refractivity contribution < 1.29 is 13.9 Å². The van der Waals surface area contributed by atoms with E-state index < -0.39 is 0 Å². The number of hydrogen-bond acceptors (Lipinski definition) is 3. The minimum atomic E-state index is -0.171. The molecule has 4 aromatic rings. The van der Waals surface area contributed by atoms with E-state index in [-0.39, 0.29) is 5.91 Å². The third-order valence-corrected chi connectivity index (χ3v) is 5.83. The first kappa shape index (κ1) is 22.4. The third kappa shape index (κ3) is 4.56. The quantitative estimate of drug-likeness (QED) is 0.317. The summed E-state index contributed by atoms with van der Waals surface area (Å²) in [6.45, 7) is 10.4. The van der Waals surface area contributed by atoms with Crippen molar-refractivity contribution in [3.05, 3.63) is 89.2 Å². The van der Waals surface area contributed by atoms with Crippen LogP contribution in [0.15, 0.2) is 71.4 Å². The maximum absolute atomic E-state index is 12.8. The molecule has 0 aliphatic heterocycles. The largest absolute Gasteiger partial charge is 0.493 e. The van der Waals surface area contributed by atoms with Crippen molar-refractivity contribution in [3.63, 3.8) is 0 Å². The van der Waals surface area contributed by atoms with Gasteiger partial charge >= 0.3 is 0 Å². The zero-order valence-electron chi connectivity index (χ0n) is 19.8. The van der Waals surface area contributed by atoms with Gasteiger partial charge in [0.2, 0.25) is 5.91 Å². The van der Waals surface area contributed by atoms with Crippen LogP contribution in [0.3, 0.4) is 0 Å². The van der Waals surface area contributed by atoms with Crippen molar-refractivity contribution in [2.24, 2.45) is 0 Å². The highest BCUT2D eigenvalue weighted by molar-refractivity contribution is 6.06. The molecule has 0 aliphatic rings. The van der Waals surface area contributed by atoms with E-state index in [1.54, 1.807) is 12.3 Å². The van der Waals surface area contributed by atoms with E-state index in [1.807, 2.05) is 65.0 Å². The number of furan rings is 1. The Kier molecular flexibility index (Phi) is 6.36. The first-order valence-corrected chi connectivity index (χ1v) is 11.2. The van der Waals surface area contributed by atoms with Crippen LogP contribution >= 0.6 is 0 Å². The van der Waals surface area contributed by atoms with Crippen molar-refractivity contribution in [1.82, 2.24) is 0 Å². The van der Waals surface area contributed by atoms with Gasteiger partial charge in [0.15, 0.2) is 0 Å². The molecular formula is C29H29NO3. The number of aryl methyl sites for hydroxylation is 3. The van der Waals surface area contributed by atoms with Crippen molar-refractivity contribution in [1.29, 1.82) is 0 Å². The van der Waals surface area contributed by atoms with E-state index >= 15 is 0 Å². The fourth-order valence-corrected chi connectivity index (χ4v) is 4.18. The minimum Gasteiger partial charge on any atom is -0.493 e. The Hall–Kier alpha value is -3.79. The zero-order chi connectivity index (χ0) is 23.5. The average molecular weight is 440 g/mol. The SMILES string of the molecule is CCOc1c(/C(C)=C/C(=O)Nc2ccc(C)cc2C)cc2c(-c3ccccc3)coc2c1C. The Morgan fingerprint density at radius 2 is 1.82 bits per heavy atom. The smallest absolute Gasteiger partial charge is 0.248 e. The number of ether oxygens (including phenoxy) is 1. The lowest BCUT2D eigenvalue weighted by molar-refractivity contribution is -0.111. The summed E-state index contributed by atoms with van der Waals surface area (Å²) in [5.41, 5.74) is 8.55. The van der Waals surface area contributed by atoms with Crippen LogP contribution in [0, 0.1) is 20.8 Å². The van der Waals surface area contributed by atoms with Gasteiger partial charge in [-0.2, -0.15) is 0 Å². The highest BCUT2D eigenvalue weighted by Crippen LogP contribution is 2.40. The van der Waals surface area contributed by atoms with Crippen LogP contribution in [-0.2, 0) is 4.79 Å². The third-order valence-electron chi connectivity index (χ3n) is 5.83. The molecule has 1 amide bonds. The van der Waals surface area contributed by atoms with Crippen LogP contribution in [0.1, 0.15) is 36.1 Å². The predicted octanol–water partition coefficient (Wildman–Crippen LogP) is 7.47. The van der Waals surface area contributed by atoms with Crippen LogP contribution in [0.4, 0.5) is 5.69 Å². The van der Waals surface area contributed by atoms with E-state index in [0.29, 0.717) is 6.61 Å². The molecule has 0 radical (unpaired) electrons. The second-order valence-corrected chi connectivity index (χ2v) is 8.34. The first-order chi connectivity index (χ1) is 15.9. The lowest BCUT2D eigenvalue weighted by Crippen LogP contribution is -2.10. The van der Waals surface area contributed by atoms with Gasteiger partial charge < -0.3 is 14.5 Å². The zero-order valence-corrected chi connectivity index (χ0v) is 19.8. The number of rotatable bonds is 6. The molecule has 0 saturated heterocycles. The molecule has 0 spiro atoms. The lowest BCUT2D eigenvalue weighted by atomic mass is 9.96. The summed E-state index contributed by atoms with van der Waals surface area (Å²) in [6.07, 6.45) is 3.42. The number of hydrogen-bond donors (Lipinski definition) is 1. The molecule has 0 aliphatic carbocycles. The molecule has 4 heteroatoms. The van der Waals surface area contributed by atoms with E-state index in [1.165, 1.54) is 0 Å². The molecule has 0 atom stereocenters. The molecule has 4 rings (SSSR count). The number of allylic oxidation sites excluding steroid dienone is 1. The van der Waals surface area contributed by atoms with Gasteiger partial charge in [0.25, 0.3) is 0 Å². The normalized spacial score (nSPS) is 11.6. The van der Waals surface area contributed by atoms with Gasteiger partial charge in [-0.3, -0.25) is 4.79 Å². The topological polar surface area (TPSA) is 51.5 Å². The summed E-state index contributed by atoms with van der Waals surface area (Å²) < 4.78 is 12.0. The standard InChI is InChI=1S/C29H29NO3/c1-6-32-28-21(5)29-24(25(17-33-29)22-10-8-7-9-11-22)16-23(28)19(3)15-27(31)30-26-13-12-18(2)14-20(26)4/h7-17H,6H2,1-5H3,(H,30,31)/b19-15+. The fourth-order valence-electron chi connectivity index (χ4n) is 4.18. The van der Waals surface area contributed by atoms with Gasteiger partial charge in [-0.05, 0) is 63.5 Å². The van der Waals surface area contributed by atoms with Crippen LogP contribution in [-0.4, -0.2) is 12.5 Å². The Morgan fingerprint density at radius 1 is 1.06 bits per heavy atom. The number of amides is 1.